The first kappa shape index (κ1) is 12.6. The molecule has 2 aliphatic rings. The standard InChI is InChI=1S/C15H21N3O/c1-14(2)13(19)18(9-12-5-3-4-8-16-12)11-15(6-7-15)10-17-14/h3-5,8,17H,6-7,9-11H2,1-2H3. The molecule has 4 heteroatoms. The van der Waals surface area contributed by atoms with Crippen LogP contribution in [0, 0.1) is 5.41 Å². The van der Waals surface area contributed by atoms with Crippen molar-refractivity contribution in [2.45, 2.75) is 38.8 Å². The monoisotopic (exact) mass is 259 g/mol. The van der Waals surface area contributed by atoms with Crippen LogP contribution in [0.15, 0.2) is 24.4 Å². The van der Waals surface area contributed by atoms with E-state index in [0.717, 1.165) is 18.8 Å². The van der Waals surface area contributed by atoms with Gasteiger partial charge in [0.1, 0.15) is 0 Å². The first-order valence-corrected chi connectivity index (χ1v) is 6.95. The average Bonchev–Trinajstić information content (AvgIpc) is 3.17. The van der Waals surface area contributed by atoms with Crippen molar-refractivity contribution in [2.24, 2.45) is 5.41 Å². The van der Waals surface area contributed by atoms with E-state index in [0.29, 0.717) is 12.0 Å². The van der Waals surface area contributed by atoms with Gasteiger partial charge in [-0.1, -0.05) is 6.07 Å². The molecule has 0 aromatic carbocycles. The van der Waals surface area contributed by atoms with E-state index < -0.39 is 5.54 Å². The largest absolute Gasteiger partial charge is 0.335 e. The second-order valence-electron chi connectivity index (χ2n) is 6.46. The molecule has 0 radical (unpaired) electrons. The van der Waals surface area contributed by atoms with Gasteiger partial charge in [0, 0.05) is 24.7 Å². The minimum Gasteiger partial charge on any atom is -0.335 e. The fourth-order valence-electron chi connectivity index (χ4n) is 2.74. The zero-order valence-corrected chi connectivity index (χ0v) is 11.6. The van der Waals surface area contributed by atoms with Gasteiger partial charge >= 0.3 is 0 Å². The van der Waals surface area contributed by atoms with Crippen molar-refractivity contribution in [2.75, 3.05) is 13.1 Å². The highest BCUT2D eigenvalue weighted by Gasteiger charge is 2.49. The highest BCUT2D eigenvalue weighted by atomic mass is 16.2. The number of carbonyl (C=O) groups excluding carboxylic acids is 1. The first-order valence-electron chi connectivity index (χ1n) is 6.95. The minimum absolute atomic E-state index is 0.182. The van der Waals surface area contributed by atoms with Crippen LogP contribution in [0.4, 0.5) is 0 Å². The number of hydrogen-bond donors (Lipinski definition) is 1. The molecule has 1 aromatic heterocycles. The summed E-state index contributed by atoms with van der Waals surface area (Å²) in [6.07, 6.45) is 4.23. The second kappa shape index (κ2) is 4.30. The summed E-state index contributed by atoms with van der Waals surface area (Å²) >= 11 is 0. The zero-order chi connectivity index (χ0) is 13.5. The Bertz CT molecular complexity index is 479. The van der Waals surface area contributed by atoms with Gasteiger partial charge in [-0.25, -0.2) is 0 Å². The molecule has 19 heavy (non-hydrogen) atoms. The summed E-state index contributed by atoms with van der Waals surface area (Å²) in [7, 11) is 0. The topological polar surface area (TPSA) is 45.2 Å². The van der Waals surface area contributed by atoms with Crippen LogP contribution in [0.5, 0.6) is 0 Å². The fourth-order valence-corrected chi connectivity index (χ4v) is 2.74. The van der Waals surface area contributed by atoms with Crippen LogP contribution < -0.4 is 5.32 Å². The lowest BCUT2D eigenvalue weighted by Gasteiger charge is -2.29. The Morgan fingerprint density at radius 3 is 2.79 bits per heavy atom. The Labute approximate surface area is 114 Å². The molecule has 2 heterocycles. The van der Waals surface area contributed by atoms with Gasteiger partial charge in [-0.15, -0.1) is 0 Å². The van der Waals surface area contributed by atoms with Crippen molar-refractivity contribution >= 4 is 5.91 Å². The number of amides is 1. The van der Waals surface area contributed by atoms with E-state index in [-0.39, 0.29) is 5.91 Å². The summed E-state index contributed by atoms with van der Waals surface area (Å²) in [5.41, 5.74) is 0.809. The summed E-state index contributed by atoms with van der Waals surface area (Å²) in [6, 6.07) is 5.86. The van der Waals surface area contributed by atoms with Gasteiger partial charge in [0.05, 0.1) is 17.8 Å². The predicted octanol–water partition coefficient (Wildman–Crippen LogP) is 1.57. The Kier molecular flexibility index (Phi) is 2.86. The maximum Gasteiger partial charge on any atom is 0.242 e. The van der Waals surface area contributed by atoms with Gasteiger partial charge in [0.15, 0.2) is 0 Å². The van der Waals surface area contributed by atoms with Gasteiger partial charge < -0.3 is 10.2 Å². The molecule has 0 unspecified atom stereocenters. The fraction of sp³-hybridized carbons (Fsp3) is 0.600. The number of nitrogens with one attached hydrogen (secondary N) is 1. The molecule has 0 bridgehead atoms. The van der Waals surface area contributed by atoms with Crippen LogP contribution in [0.3, 0.4) is 0 Å². The molecule has 0 atom stereocenters. The molecule has 102 valence electrons. The normalized spacial score (nSPS) is 24.3. The molecule has 3 rings (SSSR count). The van der Waals surface area contributed by atoms with E-state index in [9.17, 15) is 4.79 Å². The molecule has 1 amide bonds. The Hall–Kier alpha value is -1.42. The maximum atomic E-state index is 12.6. The smallest absolute Gasteiger partial charge is 0.242 e. The van der Waals surface area contributed by atoms with Crippen molar-refractivity contribution in [1.82, 2.24) is 15.2 Å². The molecule has 1 N–H and O–H groups in total. The summed E-state index contributed by atoms with van der Waals surface area (Å²) < 4.78 is 0. The molecule has 1 aliphatic carbocycles. The molecular formula is C15H21N3O. The van der Waals surface area contributed by atoms with Crippen molar-refractivity contribution in [3.8, 4) is 0 Å². The van der Waals surface area contributed by atoms with Crippen molar-refractivity contribution in [3.63, 3.8) is 0 Å². The van der Waals surface area contributed by atoms with E-state index in [1.807, 2.05) is 36.9 Å². The maximum absolute atomic E-state index is 12.6. The Morgan fingerprint density at radius 1 is 1.37 bits per heavy atom. The summed E-state index contributed by atoms with van der Waals surface area (Å²) in [4.78, 5) is 18.9. The van der Waals surface area contributed by atoms with E-state index in [1.165, 1.54) is 12.8 Å². The first-order chi connectivity index (χ1) is 9.01. The third-order valence-corrected chi connectivity index (χ3v) is 4.29. The van der Waals surface area contributed by atoms with Crippen molar-refractivity contribution in [1.29, 1.82) is 0 Å². The highest BCUT2D eigenvalue weighted by Crippen LogP contribution is 2.47. The molecule has 4 nitrogen and oxygen atoms in total. The number of aromatic nitrogens is 1. The number of rotatable bonds is 2. The van der Waals surface area contributed by atoms with Crippen LogP contribution in [-0.2, 0) is 11.3 Å². The molecule has 2 fully saturated rings. The number of nitrogens with zero attached hydrogens (tertiary/aromatic N) is 2. The molecule has 1 saturated carbocycles. The van der Waals surface area contributed by atoms with E-state index >= 15 is 0 Å². The minimum atomic E-state index is -0.471. The van der Waals surface area contributed by atoms with Gasteiger partial charge in [-0.3, -0.25) is 9.78 Å². The van der Waals surface area contributed by atoms with Gasteiger partial charge in [-0.2, -0.15) is 0 Å². The third-order valence-electron chi connectivity index (χ3n) is 4.29. The predicted molar refractivity (Wildman–Crippen MR) is 73.4 cm³/mol. The van der Waals surface area contributed by atoms with E-state index in [2.05, 4.69) is 10.3 Å². The molecular weight excluding hydrogens is 238 g/mol. The SMILES string of the molecule is CC1(C)NCC2(CC2)CN(Cc2ccccn2)C1=O. The average molecular weight is 259 g/mol. The molecule has 1 aromatic rings. The number of hydrogen-bond acceptors (Lipinski definition) is 3. The molecule has 1 spiro atoms. The lowest BCUT2D eigenvalue weighted by Crippen LogP contribution is -2.51. The van der Waals surface area contributed by atoms with Crippen LogP contribution in [0.1, 0.15) is 32.4 Å². The lowest BCUT2D eigenvalue weighted by molar-refractivity contribution is -0.137. The van der Waals surface area contributed by atoms with Gasteiger partial charge in [0.2, 0.25) is 5.91 Å². The number of pyridine rings is 1. The zero-order valence-electron chi connectivity index (χ0n) is 11.6. The van der Waals surface area contributed by atoms with Crippen molar-refractivity contribution in [3.05, 3.63) is 30.1 Å². The summed E-state index contributed by atoms with van der Waals surface area (Å²) in [5, 5.41) is 3.43. The number of carbonyl (C=O) groups is 1. The van der Waals surface area contributed by atoms with Gasteiger partial charge in [0.25, 0.3) is 0 Å². The van der Waals surface area contributed by atoms with Crippen LogP contribution in [0.25, 0.3) is 0 Å². The Morgan fingerprint density at radius 2 is 2.16 bits per heavy atom. The summed E-state index contributed by atoms with van der Waals surface area (Å²) in [6.45, 7) is 6.38. The van der Waals surface area contributed by atoms with Gasteiger partial charge in [-0.05, 0) is 38.8 Å². The third kappa shape index (κ3) is 2.50. The second-order valence-corrected chi connectivity index (χ2v) is 6.46. The highest BCUT2D eigenvalue weighted by molar-refractivity contribution is 5.86. The molecule has 1 aliphatic heterocycles. The lowest BCUT2D eigenvalue weighted by atomic mass is 10.0. The van der Waals surface area contributed by atoms with Crippen LogP contribution >= 0.6 is 0 Å². The van der Waals surface area contributed by atoms with Crippen LogP contribution in [0.2, 0.25) is 0 Å². The quantitative estimate of drug-likeness (QED) is 0.877. The molecule has 1 saturated heterocycles. The van der Waals surface area contributed by atoms with E-state index in [4.69, 9.17) is 0 Å². The van der Waals surface area contributed by atoms with Crippen LogP contribution in [-0.4, -0.2) is 34.4 Å². The summed E-state index contributed by atoms with van der Waals surface area (Å²) in [5.74, 6) is 0.182. The Balaban J connectivity index is 1.82. The van der Waals surface area contributed by atoms with Crippen molar-refractivity contribution < 1.29 is 4.79 Å². The van der Waals surface area contributed by atoms with E-state index in [1.54, 1.807) is 6.20 Å².